The monoisotopic (exact) mass is 346 g/mol. The Bertz CT molecular complexity index is 604. The second kappa shape index (κ2) is 9.17. The molecule has 2 N–H and O–H groups in total. The Labute approximate surface area is 148 Å². The third-order valence-corrected chi connectivity index (χ3v) is 4.05. The van der Waals surface area contributed by atoms with Crippen LogP contribution in [0.4, 0.5) is 4.79 Å². The molecule has 1 fully saturated rings. The van der Waals surface area contributed by atoms with Gasteiger partial charge in [-0.3, -0.25) is 14.5 Å². The van der Waals surface area contributed by atoms with Crippen molar-refractivity contribution in [3.8, 4) is 0 Å². The fraction of sp³-hybridized carbons (Fsp3) is 0.500. The quantitative estimate of drug-likeness (QED) is 0.515. The van der Waals surface area contributed by atoms with Gasteiger partial charge in [0.25, 0.3) is 5.91 Å². The van der Waals surface area contributed by atoms with E-state index in [0.29, 0.717) is 13.0 Å². The number of amides is 4. The van der Waals surface area contributed by atoms with Crippen molar-refractivity contribution >= 4 is 17.8 Å². The maximum absolute atomic E-state index is 12.4. The lowest BCUT2D eigenvalue weighted by molar-refractivity contribution is -0.128. The highest BCUT2D eigenvalue weighted by molar-refractivity contribution is 6.04. The molecule has 0 radical (unpaired) electrons. The number of carbonyl (C=O) groups excluding carboxylic acids is 3. The van der Waals surface area contributed by atoms with Crippen LogP contribution in [0.1, 0.15) is 24.8 Å². The van der Waals surface area contributed by atoms with Crippen LogP contribution in [0.15, 0.2) is 30.3 Å². The van der Waals surface area contributed by atoms with Crippen LogP contribution in [0.5, 0.6) is 0 Å². The topological polar surface area (TPSA) is 81.8 Å². The van der Waals surface area contributed by atoms with Gasteiger partial charge in [0.2, 0.25) is 5.91 Å². The van der Waals surface area contributed by atoms with Crippen LogP contribution < -0.4 is 10.6 Å². The third kappa shape index (κ3) is 5.86. The highest BCUT2D eigenvalue weighted by Crippen LogP contribution is 2.14. The summed E-state index contributed by atoms with van der Waals surface area (Å²) in [4.78, 5) is 39.5. The molecule has 1 aliphatic heterocycles. The minimum Gasteiger partial charge on any atom is -0.356 e. The number of carbonyl (C=O) groups is 3. The van der Waals surface area contributed by atoms with Crippen molar-refractivity contribution in [1.82, 2.24) is 20.4 Å². The highest BCUT2D eigenvalue weighted by Gasteiger charge is 2.37. The molecule has 7 nitrogen and oxygen atoms in total. The van der Waals surface area contributed by atoms with Crippen molar-refractivity contribution < 1.29 is 14.4 Å². The third-order valence-electron chi connectivity index (χ3n) is 4.05. The van der Waals surface area contributed by atoms with Gasteiger partial charge in [-0.25, -0.2) is 4.79 Å². The van der Waals surface area contributed by atoms with Crippen LogP contribution in [-0.4, -0.2) is 60.9 Å². The smallest absolute Gasteiger partial charge is 0.325 e. The van der Waals surface area contributed by atoms with Gasteiger partial charge >= 0.3 is 6.03 Å². The predicted octanol–water partition coefficient (Wildman–Crippen LogP) is 0.955. The zero-order chi connectivity index (χ0) is 18.2. The van der Waals surface area contributed by atoms with Crippen LogP contribution in [0.25, 0.3) is 0 Å². The molecule has 1 aromatic rings. The molecule has 1 heterocycles. The lowest BCUT2D eigenvalue weighted by Crippen LogP contribution is -2.33. The number of rotatable bonds is 9. The average Bonchev–Trinajstić information content (AvgIpc) is 2.85. The van der Waals surface area contributed by atoms with Crippen molar-refractivity contribution in [3.05, 3.63) is 35.9 Å². The molecule has 2 rings (SSSR count). The van der Waals surface area contributed by atoms with Crippen LogP contribution >= 0.6 is 0 Å². The first-order chi connectivity index (χ1) is 12.0. The van der Waals surface area contributed by atoms with Gasteiger partial charge in [-0.05, 0) is 39.0 Å². The van der Waals surface area contributed by atoms with Gasteiger partial charge in [0.1, 0.15) is 6.04 Å². The predicted molar refractivity (Wildman–Crippen MR) is 94.7 cm³/mol. The van der Waals surface area contributed by atoms with Crippen LogP contribution in [0.3, 0.4) is 0 Å². The van der Waals surface area contributed by atoms with E-state index in [0.717, 1.165) is 18.5 Å². The molecule has 0 aliphatic carbocycles. The van der Waals surface area contributed by atoms with Gasteiger partial charge < -0.3 is 15.5 Å². The summed E-state index contributed by atoms with van der Waals surface area (Å²) in [5.74, 6) is -0.364. The number of benzene rings is 1. The number of nitrogens with one attached hydrogen (secondary N) is 2. The van der Waals surface area contributed by atoms with Gasteiger partial charge in [-0.2, -0.15) is 0 Å². The van der Waals surface area contributed by atoms with E-state index < -0.39 is 12.1 Å². The Kier molecular flexibility index (Phi) is 6.94. The van der Waals surface area contributed by atoms with Crippen molar-refractivity contribution in [3.63, 3.8) is 0 Å². The maximum Gasteiger partial charge on any atom is 0.325 e. The zero-order valence-electron chi connectivity index (χ0n) is 14.8. The molecule has 0 saturated carbocycles. The summed E-state index contributed by atoms with van der Waals surface area (Å²) in [5.41, 5.74) is 0.894. The molecule has 1 atom stereocenters. The van der Waals surface area contributed by atoms with Crippen LogP contribution in [0.2, 0.25) is 0 Å². The fourth-order valence-corrected chi connectivity index (χ4v) is 2.68. The number of nitrogens with zero attached hydrogens (tertiary/aromatic N) is 2. The van der Waals surface area contributed by atoms with Crippen molar-refractivity contribution in [2.75, 3.05) is 27.2 Å². The molecule has 4 amide bonds. The summed E-state index contributed by atoms with van der Waals surface area (Å²) < 4.78 is 0. The molecule has 0 unspecified atom stereocenters. The molecule has 25 heavy (non-hydrogen) atoms. The minimum absolute atomic E-state index is 0.0951. The van der Waals surface area contributed by atoms with Gasteiger partial charge in [0.05, 0.1) is 6.54 Å². The van der Waals surface area contributed by atoms with E-state index in [1.165, 1.54) is 4.90 Å². The van der Waals surface area contributed by atoms with Gasteiger partial charge in [0.15, 0.2) is 0 Å². The summed E-state index contributed by atoms with van der Waals surface area (Å²) in [7, 11) is 3.97. The van der Waals surface area contributed by atoms with Gasteiger partial charge in [0, 0.05) is 13.0 Å². The molecule has 0 spiro atoms. The number of urea groups is 1. The molecule has 1 aliphatic rings. The Morgan fingerprint density at radius 3 is 2.64 bits per heavy atom. The SMILES string of the molecule is CN(C)CCCNC(=O)CC[C@@H]1NC(=O)N(Cc2ccccc2)C1=O. The molecular weight excluding hydrogens is 320 g/mol. The van der Waals surface area contributed by atoms with E-state index in [9.17, 15) is 14.4 Å². The first kappa shape index (κ1) is 18.9. The summed E-state index contributed by atoms with van der Waals surface area (Å²) in [6.07, 6.45) is 1.41. The first-order valence-corrected chi connectivity index (χ1v) is 8.54. The highest BCUT2D eigenvalue weighted by atomic mass is 16.2. The van der Waals surface area contributed by atoms with Gasteiger partial charge in [-0.15, -0.1) is 0 Å². The largest absolute Gasteiger partial charge is 0.356 e. The zero-order valence-corrected chi connectivity index (χ0v) is 14.8. The average molecular weight is 346 g/mol. The Hall–Kier alpha value is -2.41. The molecule has 0 bridgehead atoms. The summed E-state index contributed by atoms with van der Waals surface area (Å²) in [6.45, 7) is 1.77. The first-order valence-electron chi connectivity index (χ1n) is 8.54. The van der Waals surface area contributed by atoms with E-state index in [-0.39, 0.29) is 24.8 Å². The van der Waals surface area contributed by atoms with E-state index in [1.54, 1.807) is 0 Å². The summed E-state index contributed by atoms with van der Waals surface area (Å²) in [6, 6.07) is 8.34. The van der Waals surface area contributed by atoms with Crippen molar-refractivity contribution in [1.29, 1.82) is 0 Å². The molecule has 7 heteroatoms. The Balaban J connectivity index is 1.75. The second-order valence-electron chi connectivity index (χ2n) is 6.46. The Morgan fingerprint density at radius 2 is 1.96 bits per heavy atom. The Morgan fingerprint density at radius 1 is 1.24 bits per heavy atom. The second-order valence-corrected chi connectivity index (χ2v) is 6.46. The van der Waals surface area contributed by atoms with E-state index >= 15 is 0 Å². The molecular formula is C18H26N4O3. The molecule has 1 aromatic carbocycles. The fourth-order valence-electron chi connectivity index (χ4n) is 2.68. The van der Waals surface area contributed by atoms with Crippen molar-refractivity contribution in [2.45, 2.75) is 31.8 Å². The standard InChI is InChI=1S/C18H26N4O3/c1-21(2)12-6-11-19-16(23)10-9-15-17(24)22(18(25)20-15)13-14-7-4-3-5-8-14/h3-5,7-8,15H,6,9-13H2,1-2H3,(H,19,23)(H,20,25)/t15-/m0/s1. The molecule has 0 aromatic heterocycles. The van der Waals surface area contributed by atoms with E-state index in [4.69, 9.17) is 0 Å². The number of imide groups is 1. The van der Waals surface area contributed by atoms with Crippen LogP contribution in [0, 0.1) is 0 Å². The normalized spacial score (nSPS) is 17.1. The van der Waals surface area contributed by atoms with Gasteiger partial charge in [-0.1, -0.05) is 30.3 Å². The lowest BCUT2D eigenvalue weighted by Gasteiger charge is -2.13. The lowest BCUT2D eigenvalue weighted by atomic mass is 10.1. The number of hydrogen-bond acceptors (Lipinski definition) is 4. The summed E-state index contributed by atoms with van der Waals surface area (Å²) in [5, 5.41) is 5.50. The minimum atomic E-state index is -0.622. The summed E-state index contributed by atoms with van der Waals surface area (Å²) >= 11 is 0. The molecule has 1 saturated heterocycles. The molecule has 136 valence electrons. The van der Waals surface area contributed by atoms with E-state index in [1.807, 2.05) is 44.4 Å². The van der Waals surface area contributed by atoms with Crippen LogP contribution in [-0.2, 0) is 16.1 Å². The maximum atomic E-state index is 12.4. The number of hydrogen-bond donors (Lipinski definition) is 2. The van der Waals surface area contributed by atoms with Crippen molar-refractivity contribution in [2.24, 2.45) is 0 Å². The van der Waals surface area contributed by atoms with E-state index in [2.05, 4.69) is 15.5 Å².